The lowest BCUT2D eigenvalue weighted by Crippen LogP contribution is -2.02. The lowest BCUT2D eigenvalue weighted by atomic mass is 9.90. The fraction of sp³-hybridized carbons (Fsp3) is 0.150. The van der Waals surface area contributed by atoms with Crippen molar-refractivity contribution in [2.45, 2.75) is 13.8 Å². The van der Waals surface area contributed by atoms with E-state index in [0.717, 1.165) is 11.1 Å². The van der Waals surface area contributed by atoms with Crippen LogP contribution in [0.1, 0.15) is 21.5 Å². The number of methoxy groups -OCH3 is 1. The Morgan fingerprint density at radius 3 is 2.41 bits per heavy atom. The third-order valence-corrected chi connectivity index (χ3v) is 4.05. The molecule has 0 amide bonds. The SMILES string of the molecule is COC(=O)c1ccc(-c2c(C)ccc3ccccc23)c(C)c1. The van der Waals surface area contributed by atoms with Crippen LogP contribution in [0.4, 0.5) is 0 Å². The van der Waals surface area contributed by atoms with Crippen molar-refractivity contribution in [2.24, 2.45) is 0 Å². The summed E-state index contributed by atoms with van der Waals surface area (Å²) in [5.74, 6) is -0.302. The summed E-state index contributed by atoms with van der Waals surface area (Å²) in [6.45, 7) is 4.15. The Morgan fingerprint density at radius 1 is 0.909 bits per heavy atom. The van der Waals surface area contributed by atoms with E-state index in [4.69, 9.17) is 4.74 Å². The van der Waals surface area contributed by atoms with Crippen molar-refractivity contribution in [3.8, 4) is 11.1 Å². The average Bonchev–Trinajstić information content (AvgIpc) is 2.54. The maximum atomic E-state index is 11.7. The molecule has 0 aliphatic rings. The number of carbonyl (C=O) groups excluding carboxylic acids is 1. The van der Waals surface area contributed by atoms with E-state index in [9.17, 15) is 4.79 Å². The zero-order valence-corrected chi connectivity index (χ0v) is 13.0. The molecule has 0 aliphatic carbocycles. The molecule has 0 heterocycles. The van der Waals surface area contributed by atoms with Crippen LogP contribution < -0.4 is 0 Å². The molecule has 0 fully saturated rings. The maximum absolute atomic E-state index is 11.7. The minimum absolute atomic E-state index is 0.302. The molecule has 0 unspecified atom stereocenters. The summed E-state index contributed by atoms with van der Waals surface area (Å²) in [7, 11) is 1.40. The number of carbonyl (C=O) groups is 1. The van der Waals surface area contributed by atoms with Crippen LogP contribution in [-0.2, 0) is 4.74 Å². The smallest absolute Gasteiger partial charge is 0.337 e. The molecule has 2 heteroatoms. The van der Waals surface area contributed by atoms with E-state index in [1.807, 2.05) is 25.1 Å². The predicted molar refractivity (Wildman–Crippen MR) is 90.2 cm³/mol. The molecule has 22 heavy (non-hydrogen) atoms. The van der Waals surface area contributed by atoms with Gasteiger partial charge in [0.2, 0.25) is 0 Å². The Kier molecular flexibility index (Phi) is 3.68. The van der Waals surface area contributed by atoms with E-state index in [0.29, 0.717) is 5.56 Å². The van der Waals surface area contributed by atoms with Crippen molar-refractivity contribution < 1.29 is 9.53 Å². The topological polar surface area (TPSA) is 26.3 Å². The van der Waals surface area contributed by atoms with Gasteiger partial charge >= 0.3 is 5.97 Å². The van der Waals surface area contributed by atoms with E-state index in [-0.39, 0.29) is 5.97 Å². The first-order valence-electron chi connectivity index (χ1n) is 7.29. The van der Waals surface area contributed by atoms with Gasteiger partial charge < -0.3 is 4.74 Å². The Bertz CT molecular complexity index is 863. The lowest BCUT2D eigenvalue weighted by Gasteiger charge is -2.14. The number of hydrogen-bond donors (Lipinski definition) is 0. The number of esters is 1. The molecule has 0 bridgehead atoms. The zero-order chi connectivity index (χ0) is 15.7. The standard InChI is InChI=1S/C20H18O2/c1-13-8-9-15-6-4-5-7-18(15)19(13)17-11-10-16(12-14(17)2)20(21)22-3/h4-12H,1-3H3. The van der Waals surface area contributed by atoms with Crippen LogP contribution >= 0.6 is 0 Å². The molecule has 3 aromatic carbocycles. The van der Waals surface area contributed by atoms with E-state index in [2.05, 4.69) is 43.3 Å². The van der Waals surface area contributed by atoms with Gasteiger partial charge in [-0.2, -0.15) is 0 Å². The van der Waals surface area contributed by atoms with Gasteiger partial charge in [0.1, 0.15) is 0 Å². The highest BCUT2D eigenvalue weighted by atomic mass is 16.5. The van der Waals surface area contributed by atoms with E-state index < -0.39 is 0 Å². The largest absolute Gasteiger partial charge is 0.465 e. The van der Waals surface area contributed by atoms with Gasteiger partial charge in [-0.1, -0.05) is 42.5 Å². The number of ether oxygens (including phenoxy) is 1. The average molecular weight is 290 g/mol. The molecule has 0 aromatic heterocycles. The summed E-state index contributed by atoms with van der Waals surface area (Å²) < 4.78 is 4.79. The fourth-order valence-corrected chi connectivity index (χ4v) is 2.93. The van der Waals surface area contributed by atoms with Crippen LogP contribution in [-0.4, -0.2) is 13.1 Å². The van der Waals surface area contributed by atoms with Crippen molar-refractivity contribution in [1.29, 1.82) is 0 Å². The molecular formula is C20H18O2. The Labute approximate surface area is 130 Å². The molecule has 0 saturated heterocycles. The van der Waals surface area contributed by atoms with Crippen LogP contribution in [0.3, 0.4) is 0 Å². The summed E-state index contributed by atoms with van der Waals surface area (Å²) in [4.78, 5) is 11.7. The van der Waals surface area contributed by atoms with Crippen molar-refractivity contribution in [1.82, 2.24) is 0 Å². The first kappa shape index (κ1) is 14.3. The number of benzene rings is 3. The van der Waals surface area contributed by atoms with Crippen LogP contribution in [0, 0.1) is 13.8 Å². The van der Waals surface area contributed by atoms with Gasteiger partial charge in [-0.25, -0.2) is 4.79 Å². The molecule has 2 nitrogen and oxygen atoms in total. The maximum Gasteiger partial charge on any atom is 0.337 e. The first-order valence-corrected chi connectivity index (χ1v) is 7.29. The molecule has 0 aliphatic heterocycles. The molecule has 0 N–H and O–H groups in total. The Hall–Kier alpha value is -2.61. The second-order valence-corrected chi connectivity index (χ2v) is 5.50. The summed E-state index contributed by atoms with van der Waals surface area (Å²) in [5.41, 5.74) is 5.27. The van der Waals surface area contributed by atoms with Crippen molar-refractivity contribution in [3.63, 3.8) is 0 Å². The highest BCUT2D eigenvalue weighted by Gasteiger charge is 2.12. The Balaban J connectivity index is 2.24. The molecule has 3 aromatic rings. The molecular weight excluding hydrogens is 272 g/mol. The number of hydrogen-bond acceptors (Lipinski definition) is 2. The zero-order valence-electron chi connectivity index (χ0n) is 13.0. The first-order chi connectivity index (χ1) is 10.6. The van der Waals surface area contributed by atoms with Gasteiger partial charge in [0.05, 0.1) is 12.7 Å². The van der Waals surface area contributed by atoms with Crippen LogP contribution in [0.2, 0.25) is 0 Å². The molecule has 0 spiro atoms. The molecule has 3 rings (SSSR count). The summed E-state index contributed by atoms with van der Waals surface area (Å²) in [6, 6.07) is 18.4. The van der Waals surface area contributed by atoms with Crippen LogP contribution in [0.25, 0.3) is 21.9 Å². The molecule has 110 valence electrons. The molecule has 0 radical (unpaired) electrons. The third kappa shape index (κ3) is 2.37. The van der Waals surface area contributed by atoms with Gasteiger partial charge in [-0.05, 0) is 59.0 Å². The summed E-state index contributed by atoms with van der Waals surface area (Å²) in [5, 5.41) is 2.45. The van der Waals surface area contributed by atoms with Crippen LogP contribution in [0.15, 0.2) is 54.6 Å². The minimum atomic E-state index is -0.302. The number of aryl methyl sites for hydroxylation is 2. The molecule has 0 saturated carbocycles. The van der Waals surface area contributed by atoms with Gasteiger partial charge in [0, 0.05) is 0 Å². The highest BCUT2D eigenvalue weighted by Crippen LogP contribution is 2.34. The van der Waals surface area contributed by atoms with E-state index in [1.165, 1.54) is 29.0 Å². The van der Waals surface area contributed by atoms with Gasteiger partial charge in [-0.3, -0.25) is 0 Å². The molecule has 0 atom stereocenters. The quantitative estimate of drug-likeness (QED) is 0.627. The van der Waals surface area contributed by atoms with E-state index in [1.54, 1.807) is 0 Å². The third-order valence-electron chi connectivity index (χ3n) is 4.05. The van der Waals surface area contributed by atoms with Gasteiger partial charge in [0.15, 0.2) is 0 Å². The van der Waals surface area contributed by atoms with Crippen LogP contribution in [0.5, 0.6) is 0 Å². The number of fused-ring (bicyclic) bond motifs is 1. The summed E-state index contributed by atoms with van der Waals surface area (Å²) >= 11 is 0. The van der Waals surface area contributed by atoms with Crippen molar-refractivity contribution in [2.75, 3.05) is 7.11 Å². The predicted octanol–water partition coefficient (Wildman–Crippen LogP) is 4.91. The van der Waals surface area contributed by atoms with Crippen molar-refractivity contribution >= 4 is 16.7 Å². The monoisotopic (exact) mass is 290 g/mol. The summed E-state index contributed by atoms with van der Waals surface area (Å²) in [6.07, 6.45) is 0. The number of rotatable bonds is 2. The normalized spacial score (nSPS) is 10.7. The fourth-order valence-electron chi connectivity index (χ4n) is 2.93. The second kappa shape index (κ2) is 5.64. The minimum Gasteiger partial charge on any atom is -0.465 e. The highest BCUT2D eigenvalue weighted by molar-refractivity contribution is 5.99. The lowest BCUT2D eigenvalue weighted by molar-refractivity contribution is 0.0600. The second-order valence-electron chi connectivity index (χ2n) is 5.50. The Morgan fingerprint density at radius 2 is 1.68 bits per heavy atom. The van der Waals surface area contributed by atoms with E-state index >= 15 is 0 Å². The van der Waals surface area contributed by atoms with Gasteiger partial charge in [-0.15, -0.1) is 0 Å². The van der Waals surface area contributed by atoms with Crippen molar-refractivity contribution in [3.05, 3.63) is 71.3 Å². The van der Waals surface area contributed by atoms with Gasteiger partial charge in [0.25, 0.3) is 0 Å².